The second-order valence-electron chi connectivity index (χ2n) is 5.47. The summed E-state index contributed by atoms with van der Waals surface area (Å²) in [7, 11) is 0. The molecule has 3 rings (SSSR count). The third kappa shape index (κ3) is 4.64. The van der Waals surface area contributed by atoms with E-state index in [1.807, 2.05) is 0 Å². The molecule has 3 aromatic rings. The minimum absolute atomic E-state index is 0.0258. The van der Waals surface area contributed by atoms with Crippen molar-refractivity contribution in [1.29, 1.82) is 0 Å². The number of aryl methyl sites for hydroxylation is 1. The summed E-state index contributed by atoms with van der Waals surface area (Å²) in [5.74, 6) is -0.0470. The molecule has 0 aliphatic heterocycles. The molecular formula is C19H16FN3OS. The van der Waals surface area contributed by atoms with E-state index in [4.69, 9.17) is 0 Å². The van der Waals surface area contributed by atoms with Crippen LogP contribution < -0.4 is 5.32 Å². The van der Waals surface area contributed by atoms with Crippen LogP contribution >= 0.6 is 11.8 Å². The van der Waals surface area contributed by atoms with Gasteiger partial charge in [0.25, 0.3) is 5.91 Å². The molecule has 0 bridgehead atoms. The Labute approximate surface area is 149 Å². The third-order valence-corrected chi connectivity index (χ3v) is 4.50. The van der Waals surface area contributed by atoms with Crippen molar-refractivity contribution in [3.8, 4) is 0 Å². The highest BCUT2D eigenvalue weighted by Gasteiger charge is 2.11. The van der Waals surface area contributed by atoms with Gasteiger partial charge in [-0.25, -0.2) is 4.39 Å². The number of thioether (sulfide) groups is 1. The summed E-state index contributed by atoms with van der Waals surface area (Å²) in [4.78, 5) is 12.0. The van der Waals surface area contributed by atoms with Crippen LogP contribution in [0.1, 0.15) is 21.5 Å². The first kappa shape index (κ1) is 17.1. The van der Waals surface area contributed by atoms with Gasteiger partial charge in [0.2, 0.25) is 0 Å². The highest BCUT2D eigenvalue weighted by atomic mass is 32.2. The van der Waals surface area contributed by atoms with E-state index >= 15 is 0 Å². The number of amides is 1. The average molecular weight is 353 g/mol. The summed E-state index contributed by atoms with van der Waals surface area (Å²) in [6, 6.07) is 17.5. The largest absolute Gasteiger partial charge is 0.305 e. The third-order valence-electron chi connectivity index (χ3n) is 3.51. The van der Waals surface area contributed by atoms with Gasteiger partial charge in [0, 0.05) is 5.75 Å². The first-order valence-corrected chi connectivity index (χ1v) is 8.68. The zero-order valence-corrected chi connectivity index (χ0v) is 14.4. The molecule has 0 aliphatic rings. The number of aromatic nitrogens is 2. The van der Waals surface area contributed by atoms with E-state index in [2.05, 4.69) is 46.7 Å². The molecule has 4 nitrogen and oxygen atoms in total. The molecule has 1 amide bonds. The zero-order valence-electron chi connectivity index (χ0n) is 13.6. The lowest BCUT2D eigenvalue weighted by molar-refractivity contribution is 0.102. The van der Waals surface area contributed by atoms with Crippen LogP contribution in [0.5, 0.6) is 0 Å². The van der Waals surface area contributed by atoms with Crippen LogP contribution in [-0.4, -0.2) is 16.1 Å². The zero-order chi connectivity index (χ0) is 17.6. The van der Waals surface area contributed by atoms with E-state index in [1.54, 1.807) is 30.0 Å². The van der Waals surface area contributed by atoms with E-state index < -0.39 is 11.7 Å². The van der Waals surface area contributed by atoms with Crippen LogP contribution in [0, 0.1) is 12.7 Å². The molecule has 1 N–H and O–H groups in total. The topological polar surface area (TPSA) is 54.9 Å². The molecule has 0 saturated carbocycles. The van der Waals surface area contributed by atoms with Crippen molar-refractivity contribution in [2.75, 3.05) is 5.32 Å². The predicted octanol–water partition coefficient (Wildman–Crippen LogP) is 4.47. The Balaban J connectivity index is 1.59. The van der Waals surface area contributed by atoms with Gasteiger partial charge >= 0.3 is 0 Å². The van der Waals surface area contributed by atoms with Gasteiger partial charge in [0.1, 0.15) is 10.8 Å². The SMILES string of the molecule is Cc1ccc(CSc2ccc(NC(=O)c3ccccc3F)nn2)cc1. The first-order valence-electron chi connectivity index (χ1n) is 7.70. The van der Waals surface area contributed by atoms with Gasteiger partial charge in [0.05, 0.1) is 5.56 Å². The summed E-state index contributed by atoms with van der Waals surface area (Å²) in [6.07, 6.45) is 0. The molecule has 0 radical (unpaired) electrons. The Bertz CT molecular complexity index is 867. The number of nitrogens with zero attached hydrogens (tertiary/aromatic N) is 2. The van der Waals surface area contributed by atoms with Crippen LogP contribution in [0.2, 0.25) is 0 Å². The summed E-state index contributed by atoms with van der Waals surface area (Å²) >= 11 is 1.56. The second-order valence-corrected chi connectivity index (χ2v) is 6.46. The molecule has 2 aromatic carbocycles. The summed E-state index contributed by atoms with van der Waals surface area (Å²) in [5.41, 5.74) is 2.40. The lowest BCUT2D eigenvalue weighted by Crippen LogP contribution is -2.14. The fraction of sp³-hybridized carbons (Fsp3) is 0.105. The molecule has 1 heterocycles. The predicted molar refractivity (Wildman–Crippen MR) is 97.1 cm³/mol. The van der Waals surface area contributed by atoms with Gasteiger partial charge in [0.15, 0.2) is 5.82 Å². The highest BCUT2D eigenvalue weighted by Crippen LogP contribution is 2.21. The molecule has 0 aliphatic carbocycles. The standard InChI is InChI=1S/C19H16FN3OS/c1-13-6-8-14(9-7-13)12-25-18-11-10-17(22-23-18)21-19(24)15-4-2-3-5-16(15)20/h2-11H,12H2,1H3,(H,21,22,24). The van der Waals surface area contributed by atoms with Crippen LogP contribution in [0.15, 0.2) is 65.7 Å². The minimum Gasteiger partial charge on any atom is -0.305 e. The van der Waals surface area contributed by atoms with Crippen molar-refractivity contribution >= 4 is 23.5 Å². The van der Waals surface area contributed by atoms with Crippen molar-refractivity contribution < 1.29 is 9.18 Å². The molecular weight excluding hydrogens is 337 g/mol. The number of carbonyl (C=O) groups excluding carboxylic acids is 1. The van der Waals surface area contributed by atoms with Gasteiger partial charge in [-0.3, -0.25) is 4.79 Å². The number of hydrogen-bond acceptors (Lipinski definition) is 4. The van der Waals surface area contributed by atoms with Crippen molar-refractivity contribution in [3.63, 3.8) is 0 Å². The maximum Gasteiger partial charge on any atom is 0.259 e. The molecule has 6 heteroatoms. The number of anilines is 1. The highest BCUT2D eigenvalue weighted by molar-refractivity contribution is 7.98. The molecule has 0 spiro atoms. The van der Waals surface area contributed by atoms with Gasteiger partial charge < -0.3 is 5.32 Å². The molecule has 126 valence electrons. The number of nitrogens with one attached hydrogen (secondary N) is 1. The van der Waals surface area contributed by atoms with Crippen LogP contribution in [0.3, 0.4) is 0 Å². The van der Waals surface area contributed by atoms with Crippen LogP contribution in [-0.2, 0) is 5.75 Å². The number of benzene rings is 2. The maximum absolute atomic E-state index is 13.6. The molecule has 0 saturated heterocycles. The van der Waals surface area contributed by atoms with Crippen LogP contribution in [0.25, 0.3) is 0 Å². The number of carbonyl (C=O) groups is 1. The van der Waals surface area contributed by atoms with Gasteiger partial charge in [-0.15, -0.1) is 10.2 Å². The molecule has 25 heavy (non-hydrogen) atoms. The fourth-order valence-corrected chi connectivity index (χ4v) is 2.90. The Morgan fingerprint density at radius 2 is 1.80 bits per heavy atom. The normalized spacial score (nSPS) is 10.5. The maximum atomic E-state index is 13.6. The van der Waals surface area contributed by atoms with E-state index in [-0.39, 0.29) is 11.4 Å². The summed E-state index contributed by atoms with van der Waals surface area (Å²) in [6.45, 7) is 2.05. The quantitative estimate of drug-likeness (QED) is 0.688. The van der Waals surface area contributed by atoms with Crippen molar-refractivity contribution in [3.05, 3.63) is 83.2 Å². The lowest BCUT2D eigenvalue weighted by Gasteiger charge is -2.06. The Kier molecular flexibility index (Phi) is 5.40. The van der Waals surface area contributed by atoms with Gasteiger partial charge in [-0.2, -0.15) is 0 Å². The van der Waals surface area contributed by atoms with Crippen molar-refractivity contribution in [2.45, 2.75) is 17.7 Å². The Hall–Kier alpha value is -2.73. The fourth-order valence-electron chi connectivity index (χ4n) is 2.13. The molecule has 0 unspecified atom stereocenters. The van der Waals surface area contributed by atoms with E-state index in [9.17, 15) is 9.18 Å². The Morgan fingerprint density at radius 1 is 1.04 bits per heavy atom. The van der Waals surface area contributed by atoms with E-state index in [0.717, 1.165) is 10.8 Å². The number of halogens is 1. The van der Waals surface area contributed by atoms with Gasteiger partial charge in [-0.05, 0) is 36.8 Å². The Morgan fingerprint density at radius 3 is 2.48 bits per heavy atom. The van der Waals surface area contributed by atoms with Crippen molar-refractivity contribution in [2.24, 2.45) is 0 Å². The smallest absolute Gasteiger partial charge is 0.259 e. The lowest BCUT2D eigenvalue weighted by atomic mass is 10.2. The van der Waals surface area contributed by atoms with Crippen LogP contribution in [0.4, 0.5) is 10.2 Å². The number of rotatable bonds is 5. The monoisotopic (exact) mass is 353 g/mol. The molecule has 0 atom stereocenters. The van der Waals surface area contributed by atoms with E-state index in [1.165, 1.54) is 29.3 Å². The van der Waals surface area contributed by atoms with Gasteiger partial charge in [-0.1, -0.05) is 53.7 Å². The minimum atomic E-state index is -0.571. The summed E-state index contributed by atoms with van der Waals surface area (Å²) in [5, 5.41) is 11.4. The van der Waals surface area contributed by atoms with E-state index in [0.29, 0.717) is 0 Å². The average Bonchev–Trinajstić information content (AvgIpc) is 2.63. The summed E-state index contributed by atoms with van der Waals surface area (Å²) < 4.78 is 13.6. The molecule has 0 fully saturated rings. The second kappa shape index (κ2) is 7.90. The first-order chi connectivity index (χ1) is 12.1. The molecule has 1 aromatic heterocycles. The van der Waals surface area contributed by atoms with Crippen molar-refractivity contribution in [1.82, 2.24) is 10.2 Å². The number of hydrogen-bond donors (Lipinski definition) is 1.